The van der Waals surface area contributed by atoms with E-state index in [0.29, 0.717) is 5.56 Å². The molecular formula is C11H14FNO2. The van der Waals surface area contributed by atoms with Crippen LogP contribution >= 0.6 is 0 Å². The summed E-state index contributed by atoms with van der Waals surface area (Å²) in [6.45, 7) is 0. The number of hydrogen-bond acceptors (Lipinski definition) is 3. The molecule has 0 aromatic heterocycles. The minimum atomic E-state index is -0.682. The van der Waals surface area contributed by atoms with E-state index in [1.54, 1.807) is 6.07 Å². The van der Waals surface area contributed by atoms with E-state index in [2.05, 4.69) is 0 Å². The molecule has 0 heterocycles. The standard InChI is InChI=1S/C11H14FNO2/c1-15-10-7(11(13)5-2-6-11)3-4-8(12)9(10)14/h3-4,14H,2,5-6,13H2,1H3. The minimum absolute atomic E-state index is 0.164. The summed E-state index contributed by atoms with van der Waals surface area (Å²) in [6.07, 6.45) is 2.74. The van der Waals surface area contributed by atoms with Crippen molar-refractivity contribution in [3.8, 4) is 11.5 Å². The van der Waals surface area contributed by atoms with Crippen molar-refractivity contribution in [3.63, 3.8) is 0 Å². The molecule has 0 saturated heterocycles. The summed E-state index contributed by atoms with van der Waals surface area (Å²) in [5.41, 5.74) is 6.33. The first kappa shape index (κ1) is 10.2. The molecule has 1 fully saturated rings. The van der Waals surface area contributed by atoms with Gasteiger partial charge in [0.1, 0.15) is 0 Å². The van der Waals surface area contributed by atoms with Crippen LogP contribution in [0.15, 0.2) is 12.1 Å². The van der Waals surface area contributed by atoms with Crippen LogP contribution in [-0.4, -0.2) is 12.2 Å². The van der Waals surface area contributed by atoms with Crippen molar-refractivity contribution in [2.75, 3.05) is 7.11 Å². The number of phenolic OH excluding ortho intramolecular Hbond substituents is 1. The van der Waals surface area contributed by atoms with E-state index in [1.807, 2.05) is 0 Å². The van der Waals surface area contributed by atoms with Gasteiger partial charge in [0.15, 0.2) is 17.3 Å². The van der Waals surface area contributed by atoms with Crippen LogP contribution in [0.4, 0.5) is 4.39 Å². The Labute approximate surface area is 87.7 Å². The van der Waals surface area contributed by atoms with Crippen molar-refractivity contribution >= 4 is 0 Å². The molecule has 1 aliphatic rings. The zero-order valence-corrected chi connectivity index (χ0v) is 8.59. The van der Waals surface area contributed by atoms with Crippen LogP contribution in [0.3, 0.4) is 0 Å². The van der Waals surface area contributed by atoms with Gasteiger partial charge in [0.2, 0.25) is 0 Å². The van der Waals surface area contributed by atoms with Crippen molar-refractivity contribution in [1.29, 1.82) is 0 Å². The Morgan fingerprint density at radius 1 is 1.47 bits per heavy atom. The Balaban J connectivity index is 2.52. The third kappa shape index (κ3) is 1.45. The maximum atomic E-state index is 13.1. The molecule has 1 saturated carbocycles. The normalized spacial score (nSPS) is 18.3. The molecule has 2 rings (SSSR count). The molecule has 0 unspecified atom stereocenters. The molecule has 3 N–H and O–H groups in total. The molecule has 1 aromatic carbocycles. The first-order chi connectivity index (χ1) is 7.08. The maximum absolute atomic E-state index is 13.1. The molecule has 1 aromatic rings. The van der Waals surface area contributed by atoms with Gasteiger partial charge in [-0.3, -0.25) is 0 Å². The molecule has 82 valence electrons. The van der Waals surface area contributed by atoms with E-state index in [4.69, 9.17) is 10.5 Å². The van der Waals surface area contributed by atoms with Gasteiger partial charge in [-0.2, -0.15) is 0 Å². The van der Waals surface area contributed by atoms with Gasteiger partial charge in [0, 0.05) is 11.1 Å². The Kier molecular flexibility index (Phi) is 2.31. The van der Waals surface area contributed by atoms with Crippen LogP contribution in [0.1, 0.15) is 24.8 Å². The van der Waals surface area contributed by atoms with Crippen molar-refractivity contribution in [2.24, 2.45) is 5.73 Å². The third-order valence-corrected chi connectivity index (χ3v) is 3.07. The molecule has 0 bridgehead atoms. The zero-order chi connectivity index (χ0) is 11.1. The average molecular weight is 211 g/mol. The molecule has 0 radical (unpaired) electrons. The fraction of sp³-hybridized carbons (Fsp3) is 0.455. The lowest BCUT2D eigenvalue weighted by Gasteiger charge is -2.39. The number of rotatable bonds is 2. The molecule has 3 nitrogen and oxygen atoms in total. The Bertz CT molecular complexity index is 388. The summed E-state index contributed by atoms with van der Waals surface area (Å²) in [5, 5.41) is 9.51. The van der Waals surface area contributed by atoms with Crippen molar-refractivity contribution in [1.82, 2.24) is 0 Å². The second-order valence-corrected chi connectivity index (χ2v) is 3.99. The van der Waals surface area contributed by atoms with E-state index in [1.165, 1.54) is 13.2 Å². The lowest BCUT2D eigenvalue weighted by molar-refractivity contribution is 0.239. The fourth-order valence-electron chi connectivity index (χ4n) is 1.97. The number of aromatic hydroxyl groups is 1. The first-order valence-electron chi connectivity index (χ1n) is 4.93. The average Bonchev–Trinajstić information content (AvgIpc) is 2.18. The number of methoxy groups -OCH3 is 1. The number of benzene rings is 1. The quantitative estimate of drug-likeness (QED) is 0.785. The van der Waals surface area contributed by atoms with Gasteiger partial charge in [-0.05, 0) is 25.3 Å². The highest BCUT2D eigenvalue weighted by molar-refractivity contribution is 5.50. The van der Waals surface area contributed by atoms with E-state index in [-0.39, 0.29) is 5.75 Å². The van der Waals surface area contributed by atoms with Gasteiger partial charge in [-0.15, -0.1) is 0 Å². The molecule has 1 aliphatic carbocycles. The van der Waals surface area contributed by atoms with E-state index in [9.17, 15) is 9.50 Å². The summed E-state index contributed by atoms with van der Waals surface area (Å²) >= 11 is 0. The van der Waals surface area contributed by atoms with Crippen LogP contribution in [0, 0.1) is 5.82 Å². The van der Waals surface area contributed by atoms with E-state index < -0.39 is 17.1 Å². The summed E-state index contributed by atoms with van der Waals surface area (Å²) in [7, 11) is 1.40. The Hall–Kier alpha value is -1.29. The SMILES string of the molecule is COc1c(C2(N)CCC2)ccc(F)c1O. The molecular weight excluding hydrogens is 197 g/mol. The summed E-state index contributed by atoms with van der Waals surface area (Å²) in [6, 6.07) is 2.81. The van der Waals surface area contributed by atoms with Gasteiger partial charge in [0.25, 0.3) is 0 Å². The van der Waals surface area contributed by atoms with Gasteiger partial charge in [0.05, 0.1) is 7.11 Å². The summed E-state index contributed by atoms with van der Waals surface area (Å²) < 4.78 is 18.1. The lowest BCUT2D eigenvalue weighted by atomic mass is 9.72. The van der Waals surface area contributed by atoms with Gasteiger partial charge in [-0.1, -0.05) is 6.07 Å². The minimum Gasteiger partial charge on any atom is -0.502 e. The highest BCUT2D eigenvalue weighted by Crippen LogP contribution is 2.46. The topological polar surface area (TPSA) is 55.5 Å². The largest absolute Gasteiger partial charge is 0.502 e. The highest BCUT2D eigenvalue weighted by Gasteiger charge is 2.37. The molecule has 0 aliphatic heterocycles. The smallest absolute Gasteiger partial charge is 0.194 e. The van der Waals surface area contributed by atoms with Crippen LogP contribution in [-0.2, 0) is 5.54 Å². The number of phenols is 1. The number of hydrogen-bond donors (Lipinski definition) is 2. The van der Waals surface area contributed by atoms with Crippen LogP contribution in [0.25, 0.3) is 0 Å². The second kappa shape index (κ2) is 3.38. The van der Waals surface area contributed by atoms with Crippen molar-refractivity contribution < 1.29 is 14.2 Å². The molecule has 0 amide bonds. The highest BCUT2D eigenvalue weighted by atomic mass is 19.1. The van der Waals surface area contributed by atoms with Gasteiger partial charge >= 0.3 is 0 Å². The lowest BCUT2D eigenvalue weighted by Crippen LogP contribution is -2.43. The summed E-state index contributed by atoms with van der Waals surface area (Å²) in [4.78, 5) is 0. The Morgan fingerprint density at radius 3 is 2.60 bits per heavy atom. The molecule has 4 heteroatoms. The summed E-state index contributed by atoms with van der Waals surface area (Å²) in [5.74, 6) is -0.970. The molecule has 0 atom stereocenters. The van der Waals surface area contributed by atoms with E-state index in [0.717, 1.165) is 19.3 Å². The number of ether oxygens (including phenoxy) is 1. The van der Waals surface area contributed by atoms with Crippen LogP contribution in [0.2, 0.25) is 0 Å². The van der Waals surface area contributed by atoms with Crippen LogP contribution in [0.5, 0.6) is 11.5 Å². The zero-order valence-electron chi connectivity index (χ0n) is 8.59. The number of nitrogens with two attached hydrogens (primary N) is 1. The van der Waals surface area contributed by atoms with Gasteiger partial charge in [-0.25, -0.2) is 4.39 Å². The predicted octanol–water partition coefficient (Wildman–Crippen LogP) is 1.88. The third-order valence-electron chi connectivity index (χ3n) is 3.07. The maximum Gasteiger partial charge on any atom is 0.194 e. The van der Waals surface area contributed by atoms with Gasteiger partial charge < -0.3 is 15.6 Å². The molecule has 0 spiro atoms. The number of halogens is 1. The predicted molar refractivity (Wildman–Crippen MR) is 54.3 cm³/mol. The monoisotopic (exact) mass is 211 g/mol. The fourth-order valence-corrected chi connectivity index (χ4v) is 1.97. The van der Waals surface area contributed by atoms with Crippen molar-refractivity contribution in [2.45, 2.75) is 24.8 Å². The Morgan fingerprint density at radius 2 is 2.13 bits per heavy atom. The first-order valence-corrected chi connectivity index (χ1v) is 4.93. The van der Waals surface area contributed by atoms with Crippen LogP contribution < -0.4 is 10.5 Å². The van der Waals surface area contributed by atoms with Crippen molar-refractivity contribution in [3.05, 3.63) is 23.5 Å². The van der Waals surface area contributed by atoms with E-state index >= 15 is 0 Å². The second-order valence-electron chi connectivity index (χ2n) is 3.99. The molecule has 15 heavy (non-hydrogen) atoms.